The highest BCUT2D eigenvalue weighted by Gasteiger charge is 2.48. The summed E-state index contributed by atoms with van der Waals surface area (Å²) in [7, 11) is -1.20. The van der Waals surface area contributed by atoms with Crippen molar-refractivity contribution in [1.29, 1.82) is 0 Å². The van der Waals surface area contributed by atoms with E-state index in [2.05, 4.69) is 0 Å². The molecule has 2 aromatic rings. The minimum absolute atomic E-state index is 0.0467. The van der Waals surface area contributed by atoms with Gasteiger partial charge in [-0.25, -0.2) is 0 Å². The van der Waals surface area contributed by atoms with Gasteiger partial charge in [-0.2, -0.15) is 0 Å². The topological polar surface area (TPSA) is 99.5 Å². The summed E-state index contributed by atoms with van der Waals surface area (Å²) >= 11 is 0. The molecule has 2 aliphatic heterocycles. The van der Waals surface area contributed by atoms with E-state index in [1.165, 1.54) is 0 Å². The quantitative estimate of drug-likeness (QED) is 0.378. The van der Waals surface area contributed by atoms with Gasteiger partial charge in [0.1, 0.15) is 11.9 Å². The van der Waals surface area contributed by atoms with E-state index in [0.29, 0.717) is 18.0 Å². The minimum Gasteiger partial charge on any atom is -0.490 e. The summed E-state index contributed by atoms with van der Waals surface area (Å²) in [6, 6.07) is 14.8. The van der Waals surface area contributed by atoms with Crippen molar-refractivity contribution in [3.63, 3.8) is 0 Å². The van der Waals surface area contributed by atoms with Crippen molar-refractivity contribution in [2.45, 2.75) is 63.1 Å². The molecule has 0 aromatic heterocycles. The molecule has 2 heterocycles. The van der Waals surface area contributed by atoms with Crippen molar-refractivity contribution < 1.29 is 29.0 Å². The Morgan fingerprint density at radius 2 is 1.97 bits per heavy atom. The van der Waals surface area contributed by atoms with Crippen LogP contribution in [-0.2, 0) is 14.3 Å². The number of ether oxygens (including phenoxy) is 2. The van der Waals surface area contributed by atoms with E-state index in [0.717, 1.165) is 30.5 Å². The number of hydrogen-bond donors (Lipinski definition) is 2. The highest BCUT2D eigenvalue weighted by Crippen LogP contribution is 2.48. The number of aliphatic hydroxyl groups is 1. The number of fused-ring (bicyclic) bond motifs is 1. The lowest BCUT2D eigenvalue weighted by Gasteiger charge is -2.44. The highest BCUT2D eigenvalue weighted by atomic mass is 28.4. The molecular formula is C28H38N2O6Si. The summed E-state index contributed by atoms with van der Waals surface area (Å²) in [4.78, 5) is 39.9. The second-order valence-electron chi connectivity index (χ2n) is 10.7. The van der Waals surface area contributed by atoms with E-state index in [4.69, 9.17) is 9.47 Å². The molecule has 8 nitrogen and oxygen atoms in total. The van der Waals surface area contributed by atoms with Gasteiger partial charge in [-0.15, -0.1) is 0 Å². The van der Waals surface area contributed by atoms with E-state index in [9.17, 15) is 19.5 Å². The van der Waals surface area contributed by atoms with Crippen LogP contribution >= 0.6 is 0 Å². The number of likely N-dealkylation sites (tertiary alicyclic amines) is 1. The molecule has 2 aromatic carbocycles. The average molecular weight is 527 g/mol. The third-order valence-electron chi connectivity index (χ3n) is 7.84. The highest BCUT2D eigenvalue weighted by molar-refractivity contribution is 6.71. The molecule has 0 radical (unpaired) electrons. The molecule has 5 atom stereocenters. The molecule has 2 N–H and O–H groups in total. The van der Waals surface area contributed by atoms with Gasteiger partial charge >= 0.3 is 0 Å². The Balaban J connectivity index is 1.64. The standard InChI is InChI=1S/C28H38N2O6Si/c1-19-27(35-2)23-15-21(30(18-32)20-9-6-5-7-10-20)12-13-24(23)36-28(19)25(37(3,4)34)16-26(33)29-14-8-11-22(29)17-31/h5-7,9-10,12-13,15,18-19,22,25,27-28,31,34H,8,11,14,16-17H2,1-4H3/t19-,22-,25?,27-,28-/m0/s1. The largest absolute Gasteiger partial charge is 0.490 e. The Morgan fingerprint density at radius 1 is 1.24 bits per heavy atom. The van der Waals surface area contributed by atoms with Crippen LogP contribution in [0.3, 0.4) is 0 Å². The molecule has 0 bridgehead atoms. The fraction of sp³-hybridized carbons (Fsp3) is 0.500. The molecular weight excluding hydrogens is 488 g/mol. The zero-order chi connectivity index (χ0) is 26.7. The first-order valence-corrected chi connectivity index (χ1v) is 16.0. The smallest absolute Gasteiger partial charge is 0.223 e. The van der Waals surface area contributed by atoms with Crippen LogP contribution in [0.15, 0.2) is 48.5 Å². The van der Waals surface area contributed by atoms with Gasteiger partial charge in [-0.3, -0.25) is 14.5 Å². The summed E-state index contributed by atoms with van der Waals surface area (Å²) in [5.74, 6) is 0.424. The zero-order valence-electron chi connectivity index (χ0n) is 22.0. The zero-order valence-corrected chi connectivity index (χ0v) is 23.0. The van der Waals surface area contributed by atoms with Gasteiger partial charge < -0.3 is 24.3 Å². The second kappa shape index (κ2) is 11.3. The van der Waals surface area contributed by atoms with Gasteiger partial charge in [0.05, 0.1) is 18.8 Å². The van der Waals surface area contributed by atoms with Crippen molar-refractivity contribution in [2.24, 2.45) is 5.92 Å². The number of para-hydroxylation sites is 1. The number of amides is 2. The lowest BCUT2D eigenvalue weighted by molar-refractivity contribution is -0.133. The first-order valence-electron chi connectivity index (χ1n) is 12.9. The lowest BCUT2D eigenvalue weighted by Crippen LogP contribution is -2.50. The summed E-state index contributed by atoms with van der Waals surface area (Å²) < 4.78 is 12.5. The molecule has 0 spiro atoms. The van der Waals surface area contributed by atoms with Crippen LogP contribution in [0, 0.1) is 5.92 Å². The molecule has 1 fully saturated rings. The van der Waals surface area contributed by atoms with Crippen molar-refractivity contribution in [3.05, 3.63) is 54.1 Å². The van der Waals surface area contributed by atoms with E-state index < -0.39 is 14.4 Å². The molecule has 0 saturated carbocycles. The normalized spacial score (nSPS) is 24.2. The van der Waals surface area contributed by atoms with Gasteiger partial charge in [0.25, 0.3) is 0 Å². The SMILES string of the molecule is CO[C@@H]1c2cc(N(C=O)c3ccccc3)ccc2O[C@H](C(CC(=O)N2CCC[C@H]2CO)[Si](C)(C)O)[C@H]1C. The van der Waals surface area contributed by atoms with Crippen molar-refractivity contribution >= 4 is 32.0 Å². The van der Waals surface area contributed by atoms with E-state index in [1.807, 2.05) is 68.5 Å². The van der Waals surface area contributed by atoms with Gasteiger partial charge in [0.2, 0.25) is 12.3 Å². The number of nitrogens with zero attached hydrogens (tertiary/aromatic N) is 2. The van der Waals surface area contributed by atoms with Crippen LogP contribution in [0.2, 0.25) is 18.6 Å². The predicted molar refractivity (Wildman–Crippen MR) is 144 cm³/mol. The molecule has 2 aliphatic rings. The van der Waals surface area contributed by atoms with Crippen LogP contribution in [-0.4, -0.2) is 67.8 Å². The van der Waals surface area contributed by atoms with Crippen molar-refractivity contribution in [3.8, 4) is 5.75 Å². The summed E-state index contributed by atoms with van der Waals surface area (Å²) in [6.45, 7) is 6.29. The van der Waals surface area contributed by atoms with Crippen LogP contribution in [0.1, 0.15) is 37.9 Å². The van der Waals surface area contributed by atoms with Gasteiger partial charge in [0.15, 0.2) is 8.32 Å². The summed E-state index contributed by atoms with van der Waals surface area (Å²) in [5, 5.41) is 9.70. The first-order chi connectivity index (χ1) is 17.7. The number of anilines is 2. The Kier molecular flexibility index (Phi) is 8.38. The Bertz CT molecular complexity index is 1090. The number of methoxy groups -OCH3 is 1. The minimum atomic E-state index is -2.85. The van der Waals surface area contributed by atoms with Gasteiger partial charge in [-0.05, 0) is 56.3 Å². The van der Waals surface area contributed by atoms with Gasteiger partial charge in [-0.1, -0.05) is 25.1 Å². The molecule has 1 saturated heterocycles. The maximum Gasteiger partial charge on any atom is 0.223 e. The number of benzene rings is 2. The van der Waals surface area contributed by atoms with Crippen LogP contribution in [0.5, 0.6) is 5.75 Å². The van der Waals surface area contributed by atoms with Crippen molar-refractivity contribution in [2.75, 3.05) is 25.2 Å². The molecule has 37 heavy (non-hydrogen) atoms. The average Bonchev–Trinajstić information content (AvgIpc) is 3.37. The van der Waals surface area contributed by atoms with E-state index in [1.54, 1.807) is 16.9 Å². The number of hydrogen-bond acceptors (Lipinski definition) is 6. The van der Waals surface area contributed by atoms with Crippen LogP contribution < -0.4 is 9.64 Å². The molecule has 0 aliphatic carbocycles. The number of aliphatic hydroxyl groups excluding tert-OH is 1. The first kappa shape index (κ1) is 27.3. The third kappa shape index (κ3) is 5.60. The molecule has 4 rings (SSSR count). The number of carbonyl (C=O) groups is 2. The van der Waals surface area contributed by atoms with E-state index >= 15 is 0 Å². The Hall–Kier alpha value is -2.72. The maximum absolute atomic E-state index is 13.3. The summed E-state index contributed by atoms with van der Waals surface area (Å²) in [6.07, 6.45) is 1.85. The molecule has 9 heteroatoms. The Labute approximate surface area is 219 Å². The molecule has 1 unspecified atom stereocenters. The monoisotopic (exact) mass is 526 g/mol. The maximum atomic E-state index is 13.3. The van der Waals surface area contributed by atoms with E-state index in [-0.39, 0.29) is 42.5 Å². The molecule has 200 valence electrons. The lowest BCUT2D eigenvalue weighted by atomic mass is 9.86. The fourth-order valence-corrected chi connectivity index (χ4v) is 7.65. The fourth-order valence-electron chi connectivity index (χ4n) is 5.80. The number of rotatable bonds is 9. The third-order valence-corrected chi connectivity index (χ3v) is 10.2. The van der Waals surface area contributed by atoms with Crippen LogP contribution in [0.4, 0.5) is 11.4 Å². The molecule has 2 amide bonds. The summed E-state index contributed by atoms with van der Waals surface area (Å²) in [5.41, 5.74) is 1.91. The van der Waals surface area contributed by atoms with Gasteiger partial charge in [0, 0.05) is 48.5 Å². The van der Waals surface area contributed by atoms with Crippen LogP contribution in [0.25, 0.3) is 0 Å². The Morgan fingerprint density at radius 3 is 2.59 bits per heavy atom. The van der Waals surface area contributed by atoms with Crippen molar-refractivity contribution in [1.82, 2.24) is 4.90 Å². The number of carbonyl (C=O) groups excluding carboxylic acids is 2. The second-order valence-corrected chi connectivity index (χ2v) is 14.7. The predicted octanol–water partition coefficient (Wildman–Crippen LogP) is 4.01.